The second-order valence-corrected chi connectivity index (χ2v) is 23.6. The number of piperidine rings is 1. The fraction of sp³-hybridized carbons (Fsp3) is 0.857. The molecule has 9 rings (SSSR count). The highest BCUT2D eigenvalue weighted by molar-refractivity contribution is 5.82. The van der Waals surface area contributed by atoms with E-state index in [1.54, 1.807) is 12.5 Å². The number of aromatic amines is 1. The van der Waals surface area contributed by atoms with Crippen molar-refractivity contribution in [2.24, 2.45) is 73.2 Å². The van der Waals surface area contributed by atoms with Crippen molar-refractivity contribution in [3.8, 4) is 0 Å². The maximum atomic E-state index is 14.2. The van der Waals surface area contributed by atoms with Crippen molar-refractivity contribution in [3.63, 3.8) is 0 Å². The van der Waals surface area contributed by atoms with Crippen LogP contribution in [-0.2, 0) is 19.1 Å². The summed E-state index contributed by atoms with van der Waals surface area (Å²) in [6.45, 7) is 10.5. The molecule has 13 N–H and O–H groups in total. The molecule has 0 unspecified atom stereocenters. The predicted molar refractivity (Wildman–Crippen MR) is 239 cm³/mol. The lowest BCUT2D eigenvalue weighted by atomic mass is 9.27. The Balaban J connectivity index is 1.22. The van der Waals surface area contributed by atoms with E-state index in [2.05, 4.69) is 54.4 Å². The van der Waals surface area contributed by atoms with Crippen molar-refractivity contribution < 1.29 is 59.9 Å². The highest BCUT2D eigenvalue weighted by Crippen LogP contribution is 2.80. The smallest absolute Gasteiger partial charge is 0.310 e. The standard InChI is InChI=1S/C49H77N5O12/c1-43(22-56)10-12-48(42(63)64)13-11-45(3)28(29(48)16-43)8-9-33-46(45,4)17-30-37-44(2,23-57)39(66-41-36(60)35(59)32(58)20-65-41)38(61)49(21-52-30,47(33,37)5)15-26-27(19-55)40(62)54-34(26)25(7-6-14-50)31-18-51-24-53-31/h8,18,24-27,29-30,32-39,41,52,55-61H,6-7,9-17,19-23,50H2,1-5H3,(H,51,53)(H,54,62)(H,63,64)/t25-,26-,27-,29+,30+,32-,33+,34-,35+,36-,37-,38+,39-,41+,43+,44+,45-,46-,47-,48+,49+/m1/s1. The Kier molecular flexibility index (Phi) is 12.3. The lowest BCUT2D eigenvalue weighted by molar-refractivity contribution is -0.371. The van der Waals surface area contributed by atoms with E-state index in [1.807, 2.05) is 6.92 Å². The first-order chi connectivity index (χ1) is 31.2. The molecule has 370 valence electrons. The van der Waals surface area contributed by atoms with Crippen molar-refractivity contribution in [2.45, 2.75) is 154 Å². The van der Waals surface area contributed by atoms with E-state index in [1.165, 1.54) is 0 Å². The quantitative estimate of drug-likeness (QED) is 0.0977. The topological polar surface area (TPSA) is 293 Å². The largest absolute Gasteiger partial charge is 0.481 e. The number of carboxylic acid groups (broad SMARTS) is 1. The summed E-state index contributed by atoms with van der Waals surface area (Å²) in [6.07, 6.45) is 2.71. The molecule has 4 saturated carbocycles. The number of allylic oxidation sites excluding steroid dienone is 2. The molecule has 5 aliphatic carbocycles. The SMILES string of the molecule is C[C@]1(CO)CC[C@]2(C(=O)O)CC[C@]3(C)C(=CC[C@@H]4[C@]5(C)[C@@H]6[C@H](C[C@]43C)NC[C@@]5(C[C@H]3[C@@H]([C@H](CCCN)c4cnc[nH]4)NC(=O)[C@@H]3CO)[C@@H](O)[C@@H](O[C@@H]3OC[C@@H](O)[C@H](O)[C@H]3O)[C@@]6(C)CO)[C@@H]2C1. The number of aliphatic carboxylic acids is 1. The zero-order chi connectivity index (χ0) is 47.6. The molecule has 1 aromatic heterocycles. The van der Waals surface area contributed by atoms with Crippen LogP contribution in [-0.4, -0.2) is 151 Å². The van der Waals surface area contributed by atoms with Gasteiger partial charge in [-0.05, 0) is 116 Å². The van der Waals surface area contributed by atoms with Crippen molar-refractivity contribution in [1.29, 1.82) is 0 Å². The number of nitrogens with zero attached hydrogens (tertiary/aromatic N) is 1. The number of H-pyrrole nitrogens is 1. The Morgan fingerprint density at radius 3 is 2.41 bits per heavy atom. The zero-order valence-electron chi connectivity index (χ0n) is 39.4. The van der Waals surface area contributed by atoms with Crippen LogP contribution in [0.1, 0.15) is 110 Å². The summed E-state index contributed by atoms with van der Waals surface area (Å²) in [5.41, 5.74) is 2.62. The van der Waals surface area contributed by atoms with Crippen LogP contribution in [0.5, 0.6) is 0 Å². The number of aliphatic hydroxyl groups is 7. The summed E-state index contributed by atoms with van der Waals surface area (Å²) < 4.78 is 12.6. The number of aromatic nitrogens is 2. The van der Waals surface area contributed by atoms with E-state index in [9.17, 15) is 50.4 Å². The van der Waals surface area contributed by atoms with Gasteiger partial charge in [-0.1, -0.05) is 46.3 Å². The third-order valence-electron chi connectivity index (χ3n) is 21.0. The molecule has 4 heterocycles. The first kappa shape index (κ1) is 48.5. The van der Waals surface area contributed by atoms with Crippen LogP contribution in [0, 0.1) is 67.5 Å². The number of hydrogen-bond donors (Lipinski definition) is 12. The number of imidazole rings is 1. The molecule has 21 atom stereocenters. The number of nitrogens with one attached hydrogen (secondary N) is 3. The van der Waals surface area contributed by atoms with Gasteiger partial charge in [0.25, 0.3) is 0 Å². The molecule has 1 amide bonds. The molecule has 3 saturated heterocycles. The van der Waals surface area contributed by atoms with Gasteiger partial charge in [0.2, 0.25) is 5.91 Å². The van der Waals surface area contributed by atoms with Gasteiger partial charge in [0.1, 0.15) is 18.3 Å². The van der Waals surface area contributed by atoms with Crippen LogP contribution in [0.2, 0.25) is 0 Å². The Morgan fingerprint density at radius 1 is 1.02 bits per heavy atom. The highest BCUT2D eigenvalue weighted by Gasteiger charge is 2.80. The number of carboxylic acids is 1. The average Bonchev–Trinajstić information content (AvgIpc) is 3.93. The lowest BCUT2D eigenvalue weighted by Crippen LogP contribution is -2.84. The highest BCUT2D eigenvalue weighted by atomic mass is 16.7. The molecule has 0 aromatic carbocycles. The van der Waals surface area contributed by atoms with Crippen molar-refractivity contribution >= 4 is 11.9 Å². The molecular formula is C49H77N5O12. The third-order valence-corrected chi connectivity index (χ3v) is 21.0. The third kappa shape index (κ3) is 6.53. The Hall–Kier alpha value is -2.55. The number of carbonyl (C=O) groups excluding carboxylic acids is 1. The molecule has 1 aromatic rings. The second kappa shape index (κ2) is 16.8. The van der Waals surface area contributed by atoms with E-state index in [0.29, 0.717) is 70.9 Å². The van der Waals surface area contributed by atoms with Gasteiger partial charge in [-0.25, -0.2) is 4.98 Å². The molecule has 0 radical (unpaired) electrons. The summed E-state index contributed by atoms with van der Waals surface area (Å²) in [5, 5.41) is 98.2. The van der Waals surface area contributed by atoms with Crippen LogP contribution in [0.4, 0.5) is 0 Å². The van der Waals surface area contributed by atoms with E-state index >= 15 is 0 Å². The molecule has 66 heavy (non-hydrogen) atoms. The van der Waals surface area contributed by atoms with Gasteiger partial charge in [0.05, 0.1) is 49.7 Å². The Bertz CT molecular complexity index is 2030. The Labute approximate surface area is 387 Å². The molecule has 3 aliphatic heterocycles. The van der Waals surface area contributed by atoms with Gasteiger partial charge in [0, 0.05) is 53.9 Å². The van der Waals surface area contributed by atoms with E-state index < -0.39 is 112 Å². The molecule has 17 nitrogen and oxygen atoms in total. The number of ether oxygens (including phenoxy) is 2. The van der Waals surface area contributed by atoms with Gasteiger partial charge >= 0.3 is 5.97 Å². The minimum Gasteiger partial charge on any atom is -0.481 e. The monoisotopic (exact) mass is 928 g/mol. The minimum atomic E-state index is -1.66. The van der Waals surface area contributed by atoms with Gasteiger partial charge in [0.15, 0.2) is 6.29 Å². The minimum absolute atomic E-state index is 0.0253. The van der Waals surface area contributed by atoms with Crippen LogP contribution < -0.4 is 16.4 Å². The number of aliphatic hydroxyl groups excluding tert-OH is 7. The van der Waals surface area contributed by atoms with E-state index in [0.717, 1.165) is 11.3 Å². The number of nitrogens with two attached hydrogens (primary N) is 1. The van der Waals surface area contributed by atoms with Gasteiger partial charge in [-0.3, -0.25) is 9.59 Å². The van der Waals surface area contributed by atoms with Crippen molar-refractivity contribution in [1.82, 2.24) is 20.6 Å². The van der Waals surface area contributed by atoms with E-state index in [-0.39, 0.29) is 55.3 Å². The maximum Gasteiger partial charge on any atom is 0.310 e. The molecule has 8 aliphatic rings. The number of amides is 1. The van der Waals surface area contributed by atoms with Crippen LogP contribution in [0.25, 0.3) is 0 Å². The number of hydrogen-bond acceptors (Lipinski definition) is 14. The number of rotatable bonds is 13. The fourth-order valence-corrected chi connectivity index (χ4v) is 17.1. The molecule has 17 heteroatoms. The summed E-state index contributed by atoms with van der Waals surface area (Å²) >= 11 is 0. The van der Waals surface area contributed by atoms with Crippen molar-refractivity contribution in [3.05, 3.63) is 29.9 Å². The first-order valence-corrected chi connectivity index (χ1v) is 24.7. The fourth-order valence-electron chi connectivity index (χ4n) is 17.1. The summed E-state index contributed by atoms with van der Waals surface area (Å²) in [6, 6.07) is -0.732. The van der Waals surface area contributed by atoms with Crippen LogP contribution >= 0.6 is 0 Å². The summed E-state index contributed by atoms with van der Waals surface area (Å²) in [4.78, 5) is 35.2. The van der Waals surface area contributed by atoms with Crippen molar-refractivity contribution in [2.75, 3.05) is 39.5 Å². The molecular weight excluding hydrogens is 851 g/mol. The van der Waals surface area contributed by atoms with Gasteiger partial charge < -0.3 is 71.7 Å². The molecule has 4 bridgehead atoms. The van der Waals surface area contributed by atoms with E-state index in [4.69, 9.17) is 15.2 Å². The zero-order valence-corrected chi connectivity index (χ0v) is 39.4. The predicted octanol–water partition coefficient (Wildman–Crippen LogP) is 1.15. The second-order valence-electron chi connectivity index (χ2n) is 23.6. The number of carbonyl (C=O) groups is 2. The molecule has 0 spiro atoms. The van der Waals surface area contributed by atoms with Crippen LogP contribution in [0.3, 0.4) is 0 Å². The summed E-state index contributed by atoms with van der Waals surface area (Å²) in [5.74, 6) is -3.46. The summed E-state index contributed by atoms with van der Waals surface area (Å²) in [7, 11) is 0. The Morgan fingerprint density at radius 2 is 1.76 bits per heavy atom. The molecule has 7 fully saturated rings. The van der Waals surface area contributed by atoms with Crippen LogP contribution in [0.15, 0.2) is 24.2 Å². The number of fused-ring (bicyclic) bond motifs is 5. The normalized spacial score (nSPS) is 51.2. The lowest BCUT2D eigenvalue weighted by Gasteiger charge is -2.80. The average molecular weight is 928 g/mol. The van der Waals surface area contributed by atoms with Gasteiger partial charge in [-0.15, -0.1) is 0 Å². The first-order valence-electron chi connectivity index (χ1n) is 24.7. The maximum absolute atomic E-state index is 14.2. The van der Waals surface area contributed by atoms with Gasteiger partial charge in [-0.2, -0.15) is 0 Å².